The van der Waals surface area contributed by atoms with Crippen molar-refractivity contribution >= 4 is 27.6 Å². The van der Waals surface area contributed by atoms with E-state index in [-0.39, 0.29) is 27.9 Å². The molecule has 0 radical (unpaired) electrons. The number of amides is 1. The minimum Gasteiger partial charge on any atom is -0.497 e. The van der Waals surface area contributed by atoms with Gasteiger partial charge in [-0.3, -0.25) is 4.79 Å². The Morgan fingerprint density at radius 3 is 2.48 bits per heavy atom. The highest BCUT2D eigenvalue weighted by atomic mass is 32.2. The van der Waals surface area contributed by atoms with Crippen LogP contribution in [0.5, 0.6) is 5.75 Å². The Kier molecular flexibility index (Phi) is 8.04. The minimum atomic E-state index is -3.85. The van der Waals surface area contributed by atoms with E-state index in [9.17, 15) is 22.4 Å². The van der Waals surface area contributed by atoms with Crippen LogP contribution < -0.4 is 10.1 Å². The van der Waals surface area contributed by atoms with Crippen molar-refractivity contribution < 1.29 is 31.9 Å². The second kappa shape index (κ2) is 10.8. The van der Waals surface area contributed by atoms with E-state index >= 15 is 0 Å². The van der Waals surface area contributed by atoms with Gasteiger partial charge in [0, 0.05) is 19.2 Å². The molecule has 0 aliphatic heterocycles. The molecule has 10 heteroatoms. The highest BCUT2D eigenvalue weighted by Crippen LogP contribution is 2.29. The third kappa shape index (κ3) is 5.88. The quantitative estimate of drug-likeness (QED) is 0.582. The van der Waals surface area contributed by atoms with Gasteiger partial charge in [-0.2, -0.15) is 4.31 Å². The molecular weight excluding hydrogens is 451 g/mol. The number of hydrogen-bond donors (Lipinski definition) is 1. The molecule has 0 atom stereocenters. The Balaban J connectivity index is 1.68. The summed E-state index contributed by atoms with van der Waals surface area (Å²) in [5, 5.41) is 2.48. The first-order valence-corrected chi connectivity index (χ1v) is 12.1. The molecule has 1 aliphatic rings. The van der Waals surface area contributed by atoms with Crippen LogP contribution in [0.25, 0.3) is 0 Å². The molecule has 0 spiro atoms. The zero-order valence-corrected chi connectivity index (χ0v) is 19.4. The van der Waals surface area contributed by atoms with Crippen molar-refractivity contribution in [3.8, 4) is 5.75 Å². The van der Waals surface area contributed by atoms with Gasteiger partial charge in [0.25, 0.3) is 5.91 Å². The van der Waals surface area contributed by atoms with Gasteiger partial charge >= 0.3 is 5.97 Å². The van der Waals surface area contributed by atoms with Crippen molar-refractivity contribution in [3.63, 3.8) is 0 Å². The first-order valence-electron chi connectivity index (χ1n) is 10.6. The molecular formula is C23H27FN2O6S. The number of hydrogen-bond acceptors (Lipinski definition) is 6. The summed E-state index contributed by atoms with van der Waals surface area (Å²) in [5.74, 6) is -2.39. The number of rotatable bonds is 8. The van der Waals surface area contributed by atoms with Crippen LogP contribution in [-0.2, 0) is 19.6 Å². The summed E-state index contributed by atoms with van der Waals surface area (Å²) in [7, 11) is -0.938. The molecule has 0 aromatic heterocycles. The molecule has 0 bridgehead atoms. The van der Waals surface area contributed by atoms with Crippen molar-refractivity contribution in [2.75, 3.05) is 26.1 Å². The van der Waals surface area contributed by atoms with E-state index in [0.29, 0.717) is 0 Å². The Morgan fingerprint density at radius 1 is 1.12 bits per heavy atom. The molecule has 1 aliphatic carbocycles. The number of carbonyl (C=O) groups excluding carboxylic acids is 2. The zero-order valence-electron chi connectivity index (χ0n) is 18.5. The number of sulfonamides is 1. The van der Waals surface area contributed by atoms with Crippen molar-refractivity contribution in [1.82, 2.24) is 4.31 Å². The smallest absolute Gasteiger partial charge is 0.341 e. The van der Waals surface area contributed by atoms with E-state index in [1.165, 1.54) is 35.7 Å². The van der Waals surface area contributed by atoms with E-state index in [1.54, 1.807) is 19.2 Å². The highest BCUT2D eigenvalue weighted by Gasteiger charge is 2.31. The lowest BCUT2D eigenvalue weighted by Gasteiger charge is -2.30. The second-order valence-corrected chi connectivity index (χ2v) is 9.75. The summed E-state index contributed by atoms with van der Waals surface area (Å²) in [6.07, 6.45) is 4.63. The summed E-state index contributed by atoms with van der Waals surface area (Å²) in [4.78, 5) is 24.5. The SMILES string of the molecule is COc1ccc(C(=O)OCC(=O)Nc2ccccc2S(=O)(=O)N(C)C2CCCCC2)c(F)c1. The minimum absolute atomic E-state index is 0.0426. The maximum atomic E-state index is 14.0. The number of carbonyl (C=O) groups is 2. The fourth-order valence-corrected chi connectivity index (χ4v) is 5.34. The summed E-state index contributed by atoms with van der Waals surface area (Å²) < 4.78 is 51.6. The molecule has 0 heterocycles. The van der Waals surface area contributed by atoms with Gasteiger partial charge in [-0.05, 0) is 37.1 Å². The van der Waals surface area contributed by atoms with Crippen LogP contribution in [0.15, 0.2) is 47.4 Å². The number of anilines is 1. The molecule has 8 nitrogen and oxygen atoms in total. The molecule has 1 saturated carbocycles. The average molecular weight is 479 g/mol. The van der Waals surface area contributed by atoms with E-state index < -0.39 is 34.3 Å². The van der Waals surface area contributed by atoms with Gasteiger partial charge < -0.3 is 14.8 Å². The normalized spacial score (nSPS) is 14.7. The van der Waals surface area contributed by atoms with Crippen LogP contribution in [0.4, 0.5) is 10.1 Å². The maximum Gasteiger partial charge on any atom is 0.341 e. The summed E-state index contributed by atoms with van der Waals surface area (Å²) in [6.45, 7) is -0.711. The lowest BCUT2D eigenvalue weighted by Crippen LogP contribution is -2.38. The monoisotopic (exact) mass is 478 g/mol. The first-order chi connectivity index (χ1) is 15.7. The Hall–Kier alpha value is -2.98. The molecule has 0 unspecified atom stereocenters. The Bertz CT molecular complexity index is 1120. The number of benzene rings is 2. The predicted molar refractivity (Wildman–Crippen MR) is 120 cm³/mol. The van der Waals surface area contributed by atoms with Crippen LogP contribution in [0.3, 0.4) is 0 Å². The lowest BCUT2D eigenvalue weighted by atomic mass is 9.96. The average Bonchev–Trinajstić information content (AvgIpc) is 2.82. The standard InChI is InChI=1S/C23H27FN2O6S/c1-26(16-8-4-3-5-9-16)33(29,30)21-11-7-6-10-20(21)25-22(27)15-32-23(28)18-13-12-17(31-2)14-19(18)24/h6-7,10-14,16H,3-5,8-9,15H2,1-2H3,(H,25,27). The van der Waals surface area contributed by atoms with Crippen molar-refractivity contribution in [1.29, 1.82) is 0 Å². The molecule has 3 rings (SSSR count). The molecule has 2 aromatic carbocycles. The number of methoxy groups -OCH3 is 1. The topological polar surface area (TPSA) is 102 Å². The summed E-state index contributed by atoms with van der Waals surface area (Å²) in [5.41, 5.74) is -0.266. The second-order valence-electron chi connectivity index (χ2n) is 7.78. The largest absolute Gasteiger partial charge is 0.497 e. The molecule has 178 valence electrons. The number of para-hydroxylation sites is 1. The highest BCUT2D eigenvalue weighted by molar-refractivity contribution is 7.89. The van der Waals surface area contributed by atoms with Crippen molar-refractivity contribution in [2.24, 2.45) is 0 Å². The summed E-state index contributed by atoms with van der Waals surface area (Å²) in [6, 6.07) is 9.57. The number of nitrogens with zero attached hydrogens (tertiary/aromatic N) is 1. The van der Waals surface area contributed by atoms with Gasteiger partial charge in [-0.15, -0.1) is 0 Å². The number of ether oxygens (including phenoxy) is 2. The van der Waals surface area contributed by atoms with Crippen LogP contribution in [-0.4, -0.2) is 51.4 Å². The van der Waals surface area contributed by atoms with Gasteiger partial charge in [0.15, 0.2) is 6.61 Å². The third-order valence-electron chi connectivity index (χ3n) is 5.64. The van der Waals surface area contributed by atoms with Gasteiger partial charge in [0.1, 0.15) is 16.5 Å². The van der Waals surface area contributed by atoms with Gasteiger partial charge in [-0.1, -0.05) is 31.4 Å². The van der Waals surface area contributed by atoms with Crippen LogP contribution in [0.1, 0.15) is 42.5 Å². The third-order valence-corrected chi connectivity index (χ3v) is 7.61. The molecule has 33 heavy (non-hydrogen) atoms. The van der Waals surface area contributed by atoms with Gasteiger partial charge in [0.05, 0.1) is 18.4 Å². The van der Waals surface area contributed by atoms with Gasteiger partial charge in [0.2, 0.25) is 10.0 Å². The van der Waals surface area contributed by atoms with Crippen molar-refractivity contribution in [3.05, 3.63) is 53.8 Å². The van der Waals surface area contributed by atoms with Crippen LogP contribution in [0, 0.1) is 5.82 Å². The number of esters is 1. The lowest BCUT2D eigenvalue weighted by molar-refractivity contribution is -0.119. The molecule has 1 N–H and O–H groups in total. The zero-order chi connectivity index (χ0) is 24.0. The molecule has 0 saturated heterocycles. The summed E-state index contributed by atoms with van der Waals surface area (Å²) >= 11 is 0. The van der Waals surface area contributed by atoms with Gasteiger partial charge in [-0.25, -0.2) is 17.6 Å². The fourth-order valence-electron chi connectivity index (χ4n) is 3.77. The Labute approximate surface area is 192 Å². The molecule has 1 fully saturated rings. The van der Waals surface area contributed by atoms with Crippen molar-refractivity contribution in [2.45, 2.75) is 43.0 Å². The first kappa shape index (κ1) is 24.7. The molecule has 2 aromatic rings. The van der Waals surface area contributed by atoms with Crippen LogP contribution in [0.2, 0.25) is 0 Å². The van der Waals surface area contributed by atoms with E-state index in [2.05, 4.69) is 5.32 Å². The number of halogens is 1. The van der Waals surface area contributed by atoms with E-state index in [1.807, 2.05) is 0 Å². The predicted octanol–water partition coefficient (Wildman–Crippen LogP) is 3.58. The maximum absolute atomic E-state index is 14.0. The van der Waals surface area contributed by atoms with E-state index in [0.717, 1.165) is 38.2 Å². The number of nitrogens with one attached hydrogen (secondary N) is 1. The van der Waals surface area contributed by atoms with E-state index in [4.69, 9.17) is 9.47 Å². The Morgan fingerprint density at radius 2 is 1.82 bits per heavy atom. The van der Waals surface area contributed by atoms with Crippen LogP contribution >= 0.6 is 0 Å². The molecule has 1 amide bonds. The fraction of sp³-hybridized carbons (Fsp3) is 0.391.